The van der Waals surface area contributed by atoms with Crippen LogP contribution in [0.2, 0.25) is 0 Å². The van der Waals surface area contributed by atoms with Gasteiger partial charge in [0.05, 0.1) is 11.0 Å². The summed E-state index contributed by atoms with van der Waals surface area (Å²) in [5, 5.41) is 9.01. The third-order valence-electron chi connectivity index (χ3n) is 13.9. The van der Waals surface area contributed by atoms with Crippen molar-refractivity contribution in [3.05, 3.63) is 218 Å². The molecule has 5 heterocycles. The number of benzene rings is 10. The van der Waals surface area contributed by atoms with Crippen LogP contribution in [-0.2, 0) is 0 Å². The second-order valence-electron chi connectivity index (χ2n) is 17.9. The molecule has 0 aliphatic rings. The second-order valence-corrected chi connectivity index (χ2v) is 19.0. The Morgan fingerprint density at radius 3 is 1.60 bits per heavy atom. The van der Waals surface area contributed by atoms with Gasteiger partial charge in [0.2, 0.25) is 0 Å². The number of furan rings is 2. The SMILES string of the molecule is c1ccc(-c2nc(-c3ccc4oc5ccccc5c4c3)nc(-c3cccc4oc5ccc(-c6ccc7sc8ccc(-c9ccc%10c(c9)c9ccccc9n%10-c9ccccc9)cc8c7c6)cc5c34)n2)cc1. The van der Waals surface area contributed by atoms with E-state index < -0.39 is 0 Å². The summed E-state index contributed by atoms with van der Waals surface area (Å²) in [6.07, 6.45) is 0. The average molecular weight is 913 g/mol. The molecule has 0 saturated carbocycles. The maximum atomic E-state index is 6.58. The molecule has 0 radical (unpaired) electrons. The van der Waals surface area contributed by atoms with Gasteiger partial charge in [-0.15, -0.1) is 11.3 Å². The molecule has 6 nitrogen and oxygen atoms in total. The third-order valence-corrected chi connectivity index (χ3v) is 15.0. The number of fused-ring (bicyclic) bond motifs is 12. The Bertz CT molecular complexity index is 4600. The second kappa shape index (κ2) is 15.2. The van der Waals surface area contributed by atoms with E-state index in [1.807, 2.05) is 84.1 Å². The molecule has 5 aromatic heterocycles. The van der Waals surface area contributed by atoms with Gasteiger partial charge < -0.3 is 13.4 Å². The lowest BCUT2D eigenvalue weighted by atomic mass is 9.98. The van der Waals surface area contributed by atoms with Gasteiger partial charge in [-0.05, 0) is 119 Å². The highest BCUT2D eigenvalue weighted by Crippen LogP contribution is 2.43. The molecule has 0 amide bonds. The van der Waals surface area contributed by atoms with Crippen LogP contribution in [0.1, 0.15) is 0 Å². The van der Waals surface area contributed by atoms with E-state index in [0.717, 1.165) is 77.4 Å². The van der Waals surface area contributed by atoms with Gasteiger partial charge in [-0.1, -0.05) is 121 Å². The molecule has 326 valence electrons. The zero-order chi connectivity index (χ0) is 45.9. The molecular formula is C63H36N4O2S. The Labute approximate surface area is 404 Å². The van der Waals surface area contributed by atoms with Crippen LogP contribution in [0, 0.1) is 0 Å². The van der Waals surface area contributed by atoms with E-state index in [9.17, 15) is 0 Å². The van der Waals surface area contributed by atoms with Crippen LogP contribution in [-0.4, -0.2) is 19.5 Å². The monoisotopic (exact) mass is 912 g/mol. The van der Waals surface area contributed by atoms with Gasteiger partial charge in [-0.3, -0.25) is 0 Å². The molecule has 15 aromatic rings. The molecule has 0 saturated heterocycles. The Morgan fingerprint density at radius 2 is 0.829 bits per heavy atom. The zero-order valence-corrected chi connectivity index (χ0v) is 38.1. The smallest absolute Gasteiger partial charge is 0.164 e. The molecule has 15 rings (SSSR count). The molecule has 0 N–H and O–H groups in total. The van der Waals surface area contributed by atoms with E-state index in [1.54, 1.807) is 0 Å². The van der Waals surface area contributed by atoms with Crippen molar-refractivity contribution in [2.24, 2.45) is 0 Å². The molecule has 0 atom stereocenters. The predicted molar refractivity (Wildman–Crippen MR) is 289 cm³/mol. The minimum atomic E-state index is 0.572. The maximum absolute atomic E-state index is 6.58. The van der Waals surface area contributed by atoms with Crippen LogP contribution in [0.5, 0.6) is 0 Å². The Hall–Kier alpha value is -9.17. The van der Waals surface area contributed by atoms with Crippen LogP contribution in [0.4, 0.5) is 0 Å². The highest BCUT2D eigenvalue weighted by molar-refractivity contribution is 7.25. The van der Waals surface area contributed by atoms with Gasteiger partial charge >= 0.3 is 0 Å². The molecule has 0 bridgehead atoms. The van der Waals surface area contributed by atoms with Crippen molar-refractivity contribution >= 4 is 97.2 Å². The summed E-state index contributed by atoms with van der Waals surface area (Å²) in [5.74, 6) is 1.75. The quantitative estimate of drug-likeness (QED) is 0.166. The van der Waals surface area contributed by atoms with E-state index in [0.29, 0.717) is 17.5 Å². The third kappa shape index (κ3) is 6.08. The summed E-state index contributed by atoms with van der Waals surface area (Å²) in [6.45, 7) is 0. The molecule has 7 heteroatoms. The van der Waals surface area contributed by atoms with Crippen molar-refractivity contribution in [2.45, 2.75) is 0 Å². The summed E-state index contributed by atoms with van der Waals surface area (Å²) in [7, 11) is 0. The summed E-state index contributed by atoms with van der Waals surface area (Å²) in [5.41, 5.74) is 14.1. The van der Waals surface area contributed by atoms with Crippen molar-refractivity contribution < 1.29 is 8.83 Å². The molecule has 0 aliphatic heterocycles. The van der Waals surface area contributed by atoms with Gasteiger partial charge in [-0.25, -0.2) is 15.0 Å². The van der Waals surface area contributed by atoms with Crippen molar-refractivity contribution in [3.8, 4) is 62.1 Å². The summed E-state index contributed by atoms with van der Waals surface area (Å²) >= 11 is 1.84. The predicted octanol–water partition coefficient (Wildman–Crippen LogP) is 17.5. The van der Waals surface area contributed by atoms with Crippen molar-refractivity contribution in [2.75, 3.05) is 0 Å². The number of hydrogen-bond acceptors (Lipinski definition) is 6. The summed E-state index contributed by atoms with van der Waals surface area (Å²) in [4.78, 5) is 15.5. The molecule has 10 aromatic carbocycles. The van der Waals surface area contributed by atoms with E-state index in [-0.39, 0.29) is 0 Å². The van der Waals surface area contributed by atoms with Crippen LogP contribution in [0.15, 0.2) is 227 Å². The fraction of sp³-hybridized carbons (Fsp3) is 0. The molecule has 0 spiro atoms. The lowest BCUT2D eigenvalue weighted by Gasteiger charge is -2.09. The Morgan fingerprint density at radius 1 is 0.314 bits per heavy atom. The molecule has 0 unspecified atom stereocenters. The van der Waals surface area contributed by atoms with E-state index >= 15 is 0 Å². The first kappa shape index (κ1) is 38.9. The fourth-order valence-electron chi connectivity index (χ4n) is 10.5. The van der Waals surface area contributed by atoms with Crippen LogP contribution in [0.3, 0.4) is 0 Å². The summed E-state index contributed by atoms with van der Waals surface area (Å²) < 4.78 is 17.7. The van der Waals surface area contributed by atoms with E-state index in [4.69, 9.17) is 23.8 Å². The zero-order valence-electron chi connectivity index (χ0n) is 37.3. The summed E-state index contributed by atoms with van der Waals surface area (Å²) in [6, 6.07) is 77.0. The topological polar surface area (TPSA) is 69.9 Å². The van der Waals surface area contributed by atoms with Crippen LogP contribution < -0.4 is 0 Å². The van der Waals surface area contributed by atoms with E-state index in [2.05, 4.69) is 150 Å². The lowest BCUT2D eigenvalue weighted by Crippen LogP contribution is -2.00. The average Bonchev–Trinajstić information content (AvgIpc) is 4.19. The van der Waals surface area contributed by atoms with Gasteiger partial charge in [0.1, 0.15) is 22.3 Å². The van der Waals surface area contributed by atoms with Gasteiger partial charge in [0.25, 0.3) is 0 Å². The minimum Gasteiger partial charge on any atom is -0.456 e. The number of nitrogens with zero attached hydrogens (tertiary/aromatic N) is 4. The highest BCUT2D eigenvalue weighted by atomic mass is 32.1. The fourth-order valence-corrected chi connectivity index (χ4v) is 11.6. The highest BCUT2D eigenvalue weighted by Gasteiger charge is 2.20. The van der Waals surface area contributed by atoms with Gasteiger partial charge in [0.15, 0.2) is 17.5 Å². The number of thiophene rings is 1. The number of rotatable bonds is 6. The lowest BCUT2D eigenvalue weighted by molar-refractivity contribution is 0.668. The maximum Gasteiger partial charge on any atom is 0.164 e. The minimum absolute atomic E-state index is 0.572. The molecule has 70 heavy (non-hydrogen) atoms. The van der Waals surface area contributed by atoms with Crippen molar-refractivity contribution in [3.63, 3.8) is 0 Å². The Balaban J connectivity index is 0.847. The van der Waals surface area contributed by atoms with Crippen LogP contribution in [0.25, 0.3) is 148 Å². The van der Waals surface area contributed by atoms with Gasteiger partial charge in [-0.2, -0.15) is 0 Å². The van der Waals surface area contributed by atoms with E-state index in [1.165, 1.54) is 53.1 Å². The van der Waals surface area contributed by atoms with Crippen molar-refractivity contribution in [1.82, 2.24) is 19.5 Å². The number of para-hydroxylation sites is 3. The molecular weight excluding hydrogens is 877 g/mol. The normalized spacial score (nSPS) is 12.0. The first-order valence-electron chi connectivity index (χ1n) is 23.4. The number of aromatic nitrogens is 4. The van der Waals surface area contributed by atoms with Gasteiger partial charge in [0, 0.05) is 74.9 Å². The largest absolute Gasteiger partial charge is 0.456 e. The first-order chi connectivity index (χ1) is 34.6. The van der Waals surface area contributed by atoms with Crippen molar-refractivity contribution in [1.29, 1.82) is 0 Å². The molecule has 0 fully saturated rings. The number of hydrogen-bond donors (Lipinski definition) is 0. The first-order valence-corrected chi connectivity index (χ1v) is 24.2. The Kier molecular flexibility index (Phi) is 8.43. The molecule has 0 aliphatic carbocycles. The van der Waals surface area contributed by atoms with Crippen LogP contribution >= 0.6 is 11.3 Å². The standard InChI is InChI=1S/C63H36N4O2S/c1-3-12-37(13-4-1)61-64-62(42-24-29-55-48(36-42)45-17-8-10-20-54(45)68-55)66-63(65-61)46-18-11-21-57-60(46)51-35-39(23-28-56(51)69-57)41-26-31-59-50(34-41)49-33-40(25-30-58(49)70-59)38-22-27-53-47(32-38)44-16-7-9-19-52(44)67(53)43-14-5-2-6-15-43/h1-36H.